The molecule has 80 valence electrons. The van der Waals surface area contributed by atoms with Gasteiger partial charge in [0.2, 0.25) is 0 Å². The largest absolute Gasteiger partial charge is 0.486 e. The highest BCUT2D eigenvalue weighted by molar-refractivity contribution is 9.10. The molecular weight excluding hydrogens is 260 g/mol. The number of carbonyl (C=O) groups excluding carboxylic acids is 1. The Bertz CT molecular complexity index is 426. The summed E-state index contributed by atoms with van der Waals surface area (Å²) in [6, 6.07) is 1.79. The van der Waals surface area contributed by atoms with Gasteiger partial charge in [-0.2, -0.15) is 0 Å². The van der Waals surface area contributed by atoms with Crippen molar-refractivity contribution in [2.75, 3.05) is 13.2 Å². The van der Waals surface area contributed by atoms with Crippen molar-refractivity contribution in [3.8, 4) is 11.5 Å². The maximum Gasteiger partial charge on any atom is 0.165 e. The molecule has 0 aliphatic carbocycles. The molecule has 0 spiro atoms. The van der Waals surface area contributed by atoms with Gasteiger partial charge in [-0.25, -0.2) is 0 Å². The second kappa shape index (κ2) is 3.85. The summed E-state index contributed by atoms with van der Waals surface area (Å²) in [5.41, 5.74) is 1.51. The van der Waals surface area contributed by atoms with Gasteiger partial charge in [-0.05, 0) is 35.8 Å². The summed E-state index contributed by atoms with van der Waals surface area (Å²) < 4.78 is 11.7. The number of carbonyl (C=O) groups is 1. The summed E-state index contributed by atoms with van der Waals surface area (Å²) in [6.45, 7) is 4.50. The van der Waals surface area contributed by atoms with Crippen LogP contribution in [-0.2, 0) is 0 Å². The van der Waals surface area contributed by atoms with Crippen molar-refractivity contribution in [2.24, 2.45) is 0 Å². The molecule has 3 nitrogen and oxygen atoms in total. The number of halogens is 1. The van der Waals surface area contributed by atoms with Crippen molar-refractivity contribution in [3.05, 3.63) is 21.7 Å². The lowest BCUT2D eigenvalue weighted by Crippen LogP contribution is -2.17. The van der Waals surface area contributed by atoms with Gasteiger partial charge < -0.3 is 9.47 Å². The van der Waals surface area contributed by atoms with Crippen LogP contribution in [0.2, 0.25) is 0 Å². The molecule has 0 radical (unpaired) electrons. The van der Waals surface area contributed by atoms with E-state index in [2.05, 4.69) is 15.9 Å². The second-order valence-electron chi connectivity index (χ2n) is 3.44. The molecule has 0 amide bonds. The van der Waals surface area contributed by atoms with E-state index in [1.165, 1.54) is 0 Å². The highest BCUT2D eigenvalue weighted by Crippen LogP contribution is 2.39. The standard InChI is InChI=1S/C11H11BrO3/c1-6-10(7(2)13)8(12)5-9-11(6)15-4-3-14-9/h5H,3-4H2,1-2H3. The molecule has 1 heterocycles. The minimum absolute atomic E-state index is 0.0244. The maximum atomic E-state index is 11.4. The quantitative estimate of drug-likeness (QED) is 0.737. The van der Waals surface area contributed by atoms with Crippen LogP contribution in [0.25, 0.3) is 0 Å². The number of fused-ring (bicyclic) bond motifs is 1. The van der Waals surface area contributed by atoms with E-state index in [1.807, 2.05) is 6.92 Å². The zero-order valence-corrected chi connectivity index (χ0v) is 10.2. The van der Waals surface area contributed by atoms with Crippen molar-refractivity contribution in [3.63, 3.8) is 0 Å². The Labute approximate surface area is 96.5 Å². The minimum Gasteiger partial charge on any atom is -0.486 e. The van der Waals surface area contributed by atoms with E-state index >= 15 is 0 Å². The third-order valence-corrected chi connectivity index (χ3v) is 3.00. The zero-order valence-electron chi connectivity index (χ0n) is 8.59. The van der Waals surface area contributed by atoms with E-state index < -0.39 is 0 Å². The van der Waals surface area contributed by atoms with Gasteiger partial charge in [0.25, 0.3) is 0 Å². The van der Waals surface area contributed by atoms with Gasteiger partial charge in [0.1, 0.15) is 13.2 Å². The van der Waals surface area contributed by atoms with Crippen molar-refractivity contribution in [1.29, 1.82) is 0 Å². The highest BCUT2D eigenvalue weighted by Gasteiger charge is 2.21. The molecule has 0 N–H and O–H groups in total. The molecule has 0 aromatic heterocycles. The van der Waals surface area contributed by atoms with Gasteiger partial charge >= 0.3 is 0 Å². The monoisotopic (exact) mass is 270 g/mol. The summed E-state index contributed by atoms with van der Waals surface area (Å²) in [5.74, 6) is 1.42. The third-order valence-electron chi connectivity index (χ3n) is 2.38. The van der Waals surface area contributed by atoms with Gasteiger partial charge in [-0.1, -0.05) is 0 Å². The van der Waals surface area contributed by atoms with E-state index in [0.717, 1.165) is 10.0 Å². The fourth-order valence-corrected chi connectivity index (χ4v) is 2.53. The minimum atomic E-state index is 0.0244. The fourth-order valence-electron chi connectivity index (χ4n) is 1.74. The number of Topliss-reactive ketones (excluding diaryl/α,β-unsaturated/α-hetero) is 1. The molecule has 0 fully saturated rings. The third kappa shape index (κ3) is 1.74. The predicted molar refractivity (Wildman–Crippen MR) is 59.9 cm³/mol. The Morgan fingerprint density at radius 1 is 1.40 bits per heavy atom. The summed E-state index contributed by atoms with van der Waals surface area (Å²) in [4.78, 5) is 11.4. The molecule has 1 aromatic carbocycles. The summed E-state index contributed by atoms with van der Waals surface area (Å²) in [7, 11) is 0. The van der Waals surface area contributed by atoms with Crippen LogP contribution in [0.15, 0.2) is 10.5 Å². The Morgan fingerprint density at radius 2 is 2.07 bits per heavy atom. The van der Waals surface area contributed by atoms with E-state index in [1.54, 1.807) is 13.0 Å². The topological polar surface area (TPSA) is 35.5 Å². The van der Waals surface area contributed by atoms with E-state index in [-0.39, 0.29) is 5.78 Å². The van der Waals surface area contributed by atoms with E-state index in [9.17, 15) is 4.79 Å². The lowest BCUT2D eigenvalue weighted by molar-refractivity contribution is 0.101. The summed E-state index contributed by atoms with van der Waals surface area (Å²) in [5, 5.41) is 0. The van der Waals surface area contributed by atoms with E-state index in [4.69, 9.17) is 9.47 Å². The molecule has 1 aromatic rings. The number of ketones is 1. The molecular formula is C11H11BrO3. The molecule has 2 rings (SSSR count). The highest BCUT2D eigenvalue weighted by atomic mass is 79.9. The van der Waals surface area contributed by atoms with Gasteiger partial charge in [-0.15, -0.1) is 0 Å². The molecule has 0 bridgehead atoms. The Balaban J connectivity index is 2.64. The number of ether oxygens (including phenoxy) is 2. The normalized spacial score (nSPS) is 13.8. The molecule has 1 aliphatic rings. The smallest absolute Gasteiger partial charge is 0.165 e. The van der Waals surface area contributed by atoms with Crippen LogP contribution in [0.1, 0.15) is 22.8 Å². The molecule has 0 atom stereocenters. The molecule has 4 heteroatoms. The van der Waals surface area contributed by atoms with Crippen LogP contribution in [0.5, 0.6) is 11.5 Å². The first kappa shape index (κ1) is 10.5. The first-order valence-electron chi connectivity index (χ1n) is 4.71. The SMILES string of the molecule is CC(=O)c1c(Br)cc2c(c1C)OCCO2. The number of hydrogen-bond acceptors (Lipinski definition) is 3. The number of rotatable bonds is 1. The van der Waals surface area contributed by atoms with Gasteiger partial charge in [0, 0.05) is 15.6 Å². The molecule has 1 aliphatic heterocycles. The molecule has 15 heavy (non-hydrogen) atoms. The fraction of sp³-hybridized carbons (Fsp3) is 0.364. The molecule has 0 unspecified atom stereocenters. The Hall–Kier alpha value is -1.03. The van der Waals surface area contributed by atoms with Crippen LogP contribution in [0, 0.1) is 6.92 Å². The molecule has 0 saturated heterocycles. The van der Waals surface area contributed by atoms with Gasteiger partial charge in [-0.3, -0.25) is 4.79 Å². The first-order chi connectivity index (χ1) is 7.11. The van der Waals surface area contributed by atoms with Crippen LogP contribution >= 0.6 is 15.9 Å². The van der Waals surface area contributed by atoms with E-state index in [0.29, 0.717) is 30.3 Å². The van der Waals surface area contributed by atoms with Crippen LogP contribution < -0.4 is 9.47 Å². The zero-order chi connectivity index (χ0) is 11.0. The number of benzene rings is 1. The van der Waals surface area contributed by atoms with Gasteiger partial charge in [0.15, 0.2) is 17.3 Å². The van der Waals surface area contributed by atoms with Crippen LogP contribution in [0.4, 0.5) is 0 Å². The lowest BCUT2D eigenvalue weighted by Gasteiger charge is -2.22. The van der Waals surface area contributed by atoms with Crippen molar-refractivity contribution in [2.45, 2.75) is 13.8 Å². The van der Waals surface area contributed by atoms with Crippen molar-refractivity contribution in [1.82, 2.24) is 0 Å². The van der Waals surface area contributed by atoms with Crippen molar-refractivity contribution < 1.29 is 14.3 Å². The maximum absolute atomic E-state index is 11.4. The Morgan fingerprint density at radius 3 is 2.73 bits per heavy atom. The van der Waals surface area contributed by atoms with Crippen molar-refractivity contribution >= 4 is 21.7 Å². The predicted octanol–water partition coefficient (Wildman–Crippen LogP) is 2.73. The average molecular weight is 271 g/mol. The second-order valence-corrected chi connectivity index (χ2v) is 4.29. The van der Waals surface area contributed by atoms with Crippen LogP contribution in [0.3, 0.4) is 0 Å². The molecule has 0 saturated carbocycles. The first-order valence-corrected chi connectivity index (χ1v) is 5.50. The number of hydrogen-bond donors (Lipinski definition) is 0. The average Bonchev–Trinajstić information content (AvgIpc) is 2.17. The summed E-state index contributed by atoms with van der Waals surface area (Å²) in [6.07, 6.45) is 0. The van der Waals surface area contributed by atoms with Crippen LogP contribution in [-0.4, -0.2) is 19.0 Å². The lowest BCUT2D eigenvalue weighted by atomic mass is 10.0. The van der Waals surface area contributed by atoms with Gasteiger partial charge in [0.05, 0.1) is 0 Å². The summed E-state index contributed by atoms with van der Waals surface area (Å²) >= 11 is 3.37. The Kier molecular flexibility index (Phi) is 2.69.